The normalized spacial score (nSPS) is 14.9. The molecule has 1 fully saturated rings. The number of H-pyrrole nitrogens is 1. The first-order valence-corrected chi connectivity index (χ1v) is 12.4. The zero-order chi connectivity index (χ0) is 24.7. The first kappa shape index (κ1) is 23.7. The third-order valence-corrected chi connectivity index (χ3v) is 6.85. The van der Waals surface area contributed by atoms with Crippen molar-refractivity contribution in [3.05, 3.63) is 34.7 Å². The van der Waals surface area contributed by atoms with Crippen LogP contribution in [0.15, 0.2) is 28.3 Å². The van der Waals surface area contributed by atoms with Crippen molar-refractivity contribution in [1.29, 1.82) is 0 Å². The SMILES string of the molecule is CCc1[nH]c2nc(Sc3ccc4nc(C(=O)NC[C@H](C)O)nnc4c3)nc(N3CC(N)C3)c2c1Cl. The van der Waals surface area contributed by atoms with Gasteiger partial charge in [-0.25, -0.2) is 15.0 Å². The van der Waals surface area contributed by atoms with E-state index in [9.17, 15) is 9.90 Å². The first-order chi connectivity index (χ1) is 16.8. The molecule has 35 heavy (non-hydrogen) atoms. The third-order valence-electron chi connectivity index (χ3n) is 5.58. The number of nitrogens with zero attached hydrogens (tertiary/aromatic N) is 6. The lowest BCUT2D eigenvalue weighted by molar-refractivity contribution is 0.0913. The molecule has 4 aromatic rings. The molecular weight excluding hydrogens is 490 g/mol. The zero-order valence-corrected chi connectivity index (χ0v) is 20.7. The van der Waals surface area contributed by atoms with Gasteiger partial charge in [-0.2, -0.15) is 0 Å². The largest absolute Gasteiger partial charge is 0.392 e. The minimum absolute atomic E-state index is 0.0555. The summed E-state index contributed by atoms with van der Waals surface area (Å²) in [5.41, 5.74) is 8.68. The van der Waals surface area contributed by atoms with Crippen LogP contribution < -0.4 is 16.0 Å². The van der Waals surface area contributed by atoms with Crippen molar-refractivity contribution in [3.63, 3.8) is 0 Å². The molecular formula is C22H24ClN9O2S. The summed E-state index contributed by atoms with van der Waals surface area (Å²) in [7, 11) is 0. The van der Waals surface area contributed by atoms with Crippen LogP contribution in [0, 0.1) is 0 Å². The number of carbonyl (C=O) groups excluding carboxylic acids is 1. The van der Waals surface area contributed by atoms with E-state index in [0.717, 1.165) is 28.2 Å². The quantitative estimate of drug-likeness (QED) is 0.269. The van der Waals surface area contributed by atoms with Crippen molar-refractivity contribution in [2.24, 2.45) is 5.73 Å². The van der Waals surface area contributed by atoms with Gasteiger partial charge in [0.15, 0.2) is 5.16 Å². The number of aromatic nitrogens is 6. The maximum atomic E-state index is 12.2. The summed E-state index contributed by atoms with van der Waals surface area (Å²) in [6.45, 7) is 5.14. The number of aliphatic hydroxyl groups is 1. The van der Waals surface area contributed by atoms with Crippen LogP contribution in [0.25, 0.3) is 22.1 Å². The second-order valence-electron chi connectivity index (χ2n) is 8.44. The Balaban J connectivity index is 1.44. The fraction of sp³-hybridized carbons (Fsp3) is 0.364. The molecule has 5 N–H and O–H groups in total. The standard InChI is InChI=1S/C22H24ClN9O2S/c1-3-13-17(23)16-18(26-13)28-22(29-20(16)32-8-11(24)9-32)35-12-4-5-14-15(6-12)30-31-19(27-14)21(34)25-7-10(2)33/h4-6,10-11,33H,3,7-9,24H2,1-2H3,(H,25,34)(H,26,28,29)/t10-/m0/s1. The van der Waals surface area contributed by atoms with Crippen LogP contribution in [-0.4, -0.2) is 72.9 Å². The Morgan fingerprint density at radius 3 is 2.83 bits per heavy atom. The average molecular weight is 514 g/mol. The monoisotopic (exact) mass is 513 g/mol. The lowest BCUT2D eigenvalue weighted by atomic mass is 10.1. The van der Waals surface area contributed by atoms with Gasteiger partial charge in [-0.1, -0.05) is 18.5 Å². The van der Waals surface area contributed by atoms with Gasteiger partial charge in [-0.15, -0.1) is 10.2 Å². The molecule has 4 heterocycles. The highest BCUT2D eigenvalue weighted by Crippen LogP contribution is 2.38. The number of amides is 1. The van der Waals surface area contributed by atoms with Crippen LogP contribution in [0.4, 0.5) is 5.82 Å². The topological polar surface area (TPSA) is 159 Å². The van der Waals surface area contributed by atoms with E-state index in [1.807, 2.05) is 19.1 Å². The van der Waals surface area contributed by atoms with Crippen molar-refractivity contribution in [2.45, 2.75) is 42.5 Å². The van der Waals surface area contributed by atoms with Crippen LogP contribution in [0.2, 0.25) is 5.02 Å². The zero-order valence-electron chi connectivity index (χ0n) is 19.1. The molecule has 1 aromatic carbocycles. The van der Waals surface area contributed by atoms with Crippen molar-refractivity contribution in [2.75, 3.05) is 24.5 Å². The van der Waals surface area contributed by atoms with E-state index >= 15 is 0 Å². The van der Waals surface area contributed by atoms with Crippen LogP contribution in [0.1, 0.15) is 30.2 Å². The molecule has 3 aromatic heterocycles. The number of benzene rings is 1. The summed E-state index contributed by atoms with van der Waals surface area (Å²) in [5.74, 6) is 0.227. The van der Waals surface area contributed by atoms with Gasteiger partial charge >= 0.3 is 0 Å². The molecule has 182 valence electrons. The summed E-state index contributed by atoms with van der Waals surface area (Å²) < 4.78 is 0. The molecule has 0 saturated carbocycles. The molecule has 13 heteroatoms. The maximum Gasteiger partial charge on any atom is 0.291 e. The number of aryl methyl sites for hydroxylation is 1. The fourth-order valence-corrected chi connectivity index (χ4v) is 4.92. The minimum atomic E-state index is -0.665. The van der Waals surface area contributed by atoms with E-state index < -0.39 is 12.0 Å². The Morgan fingerprint density at radius 2 is 2.11 bits per heavy atom. The molecule has 1 amide bonds. The first-order valence-electron chi connectivity index (χ1n) is 11.2. The summed E-state index contributed by atoms with van der Waals surface area (Å²) >= 11 is 8.02. The van der Waals surface area contributed by atoms with Gasteiger partial charge in [0.05, 0.1) is 22.0 Å². The number of nitrogens with one attached hydrogen (secondary N) is 2. The van der Waals surface area contributed by atoms with Gasteiger partial charge < -0.3 is 26.0 Å². The van der Waals surface area contributed by atoms with Crippen LogP contribution in [-0.2, 0) is 6.42 Å². The molecule has 5 rings (SSSR count). The molecule has 0 spiro atoms. The second kappa shape index (κ2) is 9.53. The smallest absolute Gasteiger partial charge is 0.291 e. The van der Waals surface area contributed by atoms with Gasteiger partial charge in [-0.05, 0) is 43.3 Å². The molecule has 11 nitrogen and oxygen atoms in total. The molecule has 0 radical (unpaired) electrons. The number of aliphatic hydroxyl groups excluding tert-OH is 1. The summed E-state index contributed by atoms with van der Waals surface area (Å²) in [5, 5.41) is 22.0. The van der Waals surface area contributed by atoms with Crippen LogP contribution in [0.5, 0.6) is 0 Å². The minimum Gasteiger partial charge on any atom is -0.392 e. The van der Waals surface area contributed by atoms with Crippen molar-refractivity contribution < 1.29 is 9.90 Å². The highest BCUT2D eigenvalue weighted by Gasteiger charge is 2.29. The van der Waals surface area contributed by atoms with E-state index in [2.05, 4.69) is 30.4 Å². The Hall–Kier alpha value is -3.06. The second-order valence-corrected chi connectivity index (χ2v) is 9.86. The fourth-order valence-electron chi connectivity index (χ4n) is 3.77. The number of hydrogen-bond donors (Lipinski definition) is 4. The van der Waals surface area contributed by atoms with Crippen molar-refractivity contribution in [1.82, 2.24) is 35.5 Å². The van der Waals surface area contributed by atoms with E-state index in [0.29, 0.717) is 39.9 Å². The van der Waals surface area contributed by atoms with Crippen molar-refractivity contribution in [3.8, 4) is 0 Å². The lowest BCUT2D eigenvalue weighted by Crippen LogP contribution is -2.56. The molecule has 1 atom stereocenters. The molecule has 0 aliphatic carbocycles. The number of nitrogens with two attached hydrogens (primary N) is 1. The number of aromatic amines is 1. The van der Waals surface area contributed by atoms with Gasteiger partial charge in [0.25, 0.3) is 5.91 Å². The molecule has 1 saturated heterocycles. The molecule has 0 unspecified atom stereocenters. The predicted molar refractivity (Wildman–Crippen MR) is 134 cm³/mol. The molecule has 1 aliphatic heterocycles. The number of fused-ring (bicyclic) bond motifs is 2. The Bertz CT molecular complexity index is 1420. The van der Waals surface area contributed by atoms with E-state index in [-0.39, 0.29) is 18.4 Å². The van der Waals surface area contributed by atoms with E-state index in [1.54, 1.807) is 13.0 Å². The summed E-state index contributed by atoms with van der Waals surface area (Å²) in [6, 6.07) is 5.58. The summed E-state index contributed by atoms with van der Waals surface area (Å²) in [6.07, 6.45) is 0.0914. The van der Waals surface area contributed by atoms with Gasteiger partial charge in [0.1, 0.15) is 17.0 Å². The molecule has 1 aliphatic rings. The van der Waals surface area contributed by atoms with Crippen LogP contribution >= 0.6 is 23.4 Å². The number of hydrogen-bond acceptors (Lipinski definition) is 10. The van der Waals surface area contributed by atoms with E-state index in [4.69, 9.17) is 27.3 Å². The Morgan fingerprint density at radius 1 is 1.31 bits per heavy atom. The number of rotatable bonds is 7. The number of carbonyl (C=O) groups is 1. The van der Waals surface area contributed by atoms with Gasteiger partial charge in [-0.3, -0.25) is 4.79 Å². The van der Waals surface area contributed by atoms with Gasteiger partial charge in [0, 0.05) is 36.3 Å². The summed E-state index contributed by atoms with van der Waals surface area (Å²) in [4.78, 5) is 32.2. The highest BCUT2D eigenvalue weighted by atomic mass is 35.5. The maximum absolute atomic E-state index is 12.2. The van der Waals surface area contributed by atoms with Gasteiger partial charge in [0.2, 0.25) is 5.82 Å². The van der Waals surface area contributed by atoms with Crippen LogP contribution in [0.3, 0.4) is 0 Å². The highest BCUT2D eigenvalue weighted by molar-refractivity contribution is 7.99. The third kappa shape index (κ3) is 4.74. The molecule has 0 bridgehead atoms. The predicted octanol–water partition coefficient (Wildman–Crippen LogP) is 1.92. The average Bonchev–Trinajstić information content (AvgIpc) is 3.15. The number of halogens is 1. The lowest BCUT2D eigenvalue weighted by Gasteiger charge is -2.38. The Kier molecular flexibility index (Phi) is 6.45. The Labute approximate surface area is 209 Å². The number of anilines is 1. The van der Waals surface area contributed by atoms with E-state index in [1.165, 1.54) is 11.8 Å². The van der Waals surface area contributed by atoms with Crippen molar-refractivity contribution >= 4 is 57.2 Å².